The predicted molar refractivity (Wildman–Crippen MR) is 160 cm³/mol. The highest BCUT2D eigenvalue weighted by molar-refractivity contribution is 6.31. The highest BCUT2D eigenvalue weighted by atomic mass is 35.5. The second-order valence-corrected chi connectivity index (χ2v) is 9.80. The van der Waals surface area contributed by atoms with Crippen LogP contribution < -0.4 is 10.9 Å². The van der Waals surface area contributed by atoms with Crippen molar-refractivity contribution >= 4 is 67.8 Å². The first kappa shape index (κ1) is 28.0. The van der Waals surface area contributed by atoms with Gasteiger partial charge in [-0.25, -0.2) is 19.6 Å². The van der Waals surface area contributed by atoms with Crippen molar-refractivity contribution in [1.29, 1.82) is 0 Å². The van der Waals surface area contributed by atoms with Crippen LogP contribution in [0.3, 0.4) is 0 Å². The third kappa shape index (κ3) is 6.63. The first-order chi connectivity index (χ1) is 19.8. The molecule has 0 atom stereocenters. The van der Waals surface area contributed by atoms with Gasteiger partial charge in [-0.1, -0.05) is 59.6 Å². The van der Waals surface area contributed by atoms with E-state index in [1.807, 2.05) is 67.6 Å². The number of rotatable bonds is 4. The van der Waals surface area contributed by atoms with Gasteiger partial charge in [0.15, 0.2) is 0 Å². The number of fused-ring (bicyclic) bond motifs is 3. The first-order valence-electron chi connectivity index (χ1n) is 12.5. The zero-order chi connectivity index (χ0) is 28.9. The Kier molecular flexibility index (Phi) is 8.45. The number of halogens is 2. The number of nitrogens with zero attached hydrogens (tertiary/aromatic N) is 2. The number of para-hydroxylation sites is 2. The predicted octanol–water partition coefficient (Wildman–Crippen LogP) is 7.43. The quantitative estimate of drug-likeness (QED) is 0.163. The molecular formula is C31H23Cl2N3O5. The molecule has 206 valence electrons. The van der Waals surface area contributed by atoms with Crippen LogP contribution in [0.1, 0.15) is 16.7 Å². The van der Waals surface area contributed by atoms with E-state index in [-0.39, 0.29) is 18.4 Å². The molecule has 3 aromatic carbocycles. The molecule has 0 fully saturated rings. The molecule has 0 aliphatic carbocycles. The SMILES string of the molecule is Cc1cc(=O)oc2cc(NC(=O)OCc3cc4ccccc4nc3Cl)ccc12.OCc1cc2ccccc2nc1Cl. The fourth-order valence-electron chi connectivity index (χ4n) is 4.18. The van der Waals surface area contributed by atoms with Crippen molar-refractivity contribution in [2.75, 3.05) is 5.32 Å². The molecule has 0 unspecified atom stereocenters. The van der Waals surface area contributed by atoms with Crippen LogP contribution in [0, 0.1) is 6.92 Å². The van der Waals surface area contributed by atoms with Crippen LogP contribution in [-0.4, -0.2) is 21.2 Å². The summed E-state index contributed by atoms with van der Waals surface area (Å²) in [6.45, 7) is 1.73. The molecule has 3 aromatic heterocycles. The van der Waals surface area contributed by atoms with Crippen LogP contribution >= 0.6 is 23.2 Å². The van der Waals surface area contributed by atoms with Gasteiger partial charge in [0.05, 0.1) is 17.6 Å². The zero-order valence-electron chi connectivity index (χ0n) is 21.7. The second kappa shape index (κ2) is 12.3. The standard InChI is InChI=1S/C21H15ClN2O4.C10H8ClNO/c1-12-8-19(25)28-18-10-15(6-7-16(12)18)23-21(26)27-11-14-9-13-4-2-3-5-17(13)24-20(14)22;11-10-8(6-13)5-7-3-1-2-4-9(7)12-10/h2-10H,11H2,1H3,(H,23,26);1-5,13H,6H2. The maximum atomic E-state index is 12.1. The minimum atomic E-state index is -0.654. The molecule has 2 N–H and O–H groups in total. The van der Waals surface area contributed by atoms with Gasteiger partial charge in [0.2, 0.25) is 0 Å². The van der Waals surface area contributed by atoms with Crippen molar-refractivity contribution in [3.8, 4) is 0 Å². The zero-order valence-corrected chi connectivity index (χ0v) is 23.2. The first-order valence-corrected chi connectivity index (χ1v) is 13.2. The van der Waals surface area contributed by atoms with E-state index in [0.717, 1.165) is 32.8 Å². The van der Waals surface area contributed by atoms with E-state index in [1.54, 1.807) is 18.2 Å². The number of amides is 1. The van der Waals surface area contributed by atoms with Crippen molar-refractivity contribution in [2.45, 2.75) is 20.1 Å². The maximum absolute atomic E-state index is 12.1. The van der Waals surface area contributed by atoms with Crippen molar-refractivity contribution in [3.63, 3.8) is 0 Å². The van der Waals surface area contributed by atoms with Crippen LogP contribution in [0.5, 0.6) is 0 Å². The monoisotopic (exact) mass is 587 g/mol. The van der Waals surface area contributed by atoms with Gasteiger partial charge >= 0.3 is 11.7 Å². The summed E-state index contributed by atoms with van der Waals surface area (Å²) < 4.78 is 10.4. The minimum Gasteiger partial charge on any atom is -0.444 e. The van der Waals surface area contributed by atoms with Crippen molar-refractivity contribution < 1.29 is 19.1 Å². The summed E-state index contributed by atoms with van der Waals surface area (Å²) in [4.78, 5) is 32.1. The van der Waals surface area contributed by atoms with E-state index in [1.165, 1.54) is 6.07 Å². The van der Waals surface area contributed by atoms with E-state index in [0.29, 0.717) is 27.6 Å². The minimum absolute atomic E-state index is 0.0235. The Morgan fingerprint density at radius 2 is 1.49 bits per heavy atom. The molecule has 0 aliphatic heterocycles. The van der Waals surface area contributed by atoms with E-state index < -0.39 is 11.7 Å². The summed E-state index contributed by atoms with van der Waals surface area (Å²) in [5, 5.41) is 14.9. The molecule has 0 spiro atoms. The largest absolute Gasteiger partial charge is 0.444 e. The number of pyridine rings is 2. The van der Waals surface area contributed by atoms with Gasteiger partial charge in [-0.2, -0.15) is 0 Å². The van der Waals surface area contributed by atoms with E-state index in [9.17, 15) is 9.59 Å². The third-order valence-electron chi connectivity index (χ3n) is 6.23. The van der Waals surface area contributed by atoms with Gasteiger partial charge < -0.3 is 14.3 Å². The molecule has 1 amide bonds. The fourth-order valence-corrected chi connectivity index (χ4v) is 4.59. The van der Waals surface area contributed by atoms with Crippen molar-refractivity contribution in [1.82, 2.24) is 9.97 Å². The molecule has 0 aliphatic rings. The van der Waals surface area contributed by atoms with Crippen molar-refractivity contribution in [3.05, 3.63) is 122 Å². The van der Waals surface area contributed by atoms with E-state index >= 15 is 0 Å². The lowest BCUT2D eigenvalue weighted by atomic mass is 10.1. The highest BCUT2D eigenvalue weighted by Crippen LogP contribution is 2.23. The Balaban J connectivity index is 0.000000216. The lowest BCUT2D eigenvalue weighted by Crippen LogP contribution is -2.14. The lowest BCUT2D eigenvalue weighted by molar-refractivity contribution is 0.155. The Morgan fingerprint density at radius 1 is 0.878 bits per heavy atom. The van der Waals surface area contributed by atoms with Gasteiger partial charge in [-0.05, 0) is 48.9 Å². The molecular weight excluding hydrogens is 565 g/mol. The van der Waals surface area contributed by atoms with E-state index in [4.69, 9.17) is 37.5 Å². The highest BCUT2D eigenvalue weighted by Gasteiger charge is 2.10. The molecule has 0 saturated carbocycles. The number of aryl methyl sites for hydroxylation is 1. The number of ether oxygens (including phenoxy) is 1. The second-order valence-electron chi connectivity index (χ2n) is 9.08. The molecule has 10 heteroatoms. The summed E-state index contributed by atoms with van der Waals surface area (Å²) in [5.74, 6) is 0. The normalized spacial score (nSPS) is 10.8. The van der Waals surface area contributed by atoms with Crippen LogP contribution in [-0.2, 0) is 18.0 Å². The molecule has 3 heterocycles. The molecule has 8 nitrogen and oxygen atoms in total. The molecule has 0 saturated heterocycles. The Morgan fingerprint density at radius 3 is 2.15 bits per heavy atom. The summed E-state index contributed by atoms with van der Waals surface area (Å²) in [6, 6.07) is 25.4. The molecule has 0 radical (unpaired) electrons. The lowest BCUT2D eigenvalue weighted by Gasteiger charge is -2.09. The van der Waals surface area contributed by atoms with Crippen molar-refractivity contribution in [2.24, 2.45) is 0 Å². The van der Waals surface area contributed by atoms with Gasteiger partial charge in [0, 0.05) is 45.1 Å². The number of benzene rings is 3. The number of carbonyl (C=O) groups is 1. The summed E-state index contributed by atoms with van der Waals surface area (Å²) in [6.07, 6.45) is -0.654. The molecule has 0 bridgehead atoms. The van der Waals surface area contributed by atoms with E-state index in [2.05, 4.69) is 15.3 Å². The van der Waals surface area contributed by atoms with Crippen LogP contribution in [0.2, 0.25) is 10.3 Å². The van der Waals surface area contributed by atoms with Gasteiger partial charge in [-0.3, -0.25) is 5.32 Å². The van der Waals surface area contributed by atoms with Gasteiger partial charge in [0.25, 0.3) is 0 Å². The Bertz CT molecular complexity index is 1960. The summed E-state index contributed by atoms with van der Waals surface area (Å²) in [5.41, 5.74) is 4.11. The molecule has 6 aromatic rings. The number of anilines is 1. The van der Waals surface area contributed by atoms with Crippen LogP contribution in [0.15, 0.2) is 94.1 Å². The smallest absolute Gasteiger partial charge is 0.411 e. The number of nitrogens with one attached hydrogen (secondary N) is 1. The molecule has 41 heavy (non-hydrogen) atoms. The topological polar surface area (TPSA) is 115 Å². The number of aliphatic hydroxyl groups excluding tert-OH is 1. The van der Waals surface area contributed by atoms with Gasteiger partial charge in [-0.15, -0.1) is 0 Å². The Labute approximate surface area is 244 Å². The summed E-state index contributed by atoms with van der Waals surface area (Å²) in [7, 11) is 0. The number of hydrogen-bond acceptors (Lipinski definition) is 7. The van der Waals surface area contributed by atoms with Gasteiger partial charge in [0.1, 0.15) is 22.5 Å². The fraction of sp³-hybridized carbons (Fsp3) is 0.0968. The number of aromatic nitrogens is 2. The average Bonchev–Trinajstić information content (AvgIpc) is 2.95. The average molecular weight is 588 g/mol. The number of carbonyl (C=O) groups excluding carboxylic acids is 1. The van der Waals surface area contributed by atoms with Crippen LogP contribution in [0.25, 0.3) is 32.8 Å². The molecule has 6 rings (SSSR count). The third-order valence-corrected chi connectivity index (χ3v) is 6.88. The number of aliphatic hydroxyl groups is 1. The Hall–Kier alpha value is -4.50. The summed E-state index contributed by atoms with van der Waals surface area (Å²) >= 11 is 12.0. The maximum Gasteiger partial charge on any atom is 0.411 e. The van der Waals surface area contributed by atoms with Crippen LogP contribution in [0.4, 0.5) is 10.5 Å². The number of hydrogen-bond donors (Lipinski definition) is 2.